The summed E-state index contributed by atoms with van der Waals surface area (Å²) in [5.41, 5.74) is 2.50. The van der Waals surface area contributed by atoms with E-state index in [0.717, 1.165) is 22.0 Å². The number of carbonyl (C=O) groups excluding carboxylic acids is 3. The summed E-state index contributed by atoms with van der Waals surface area (Å²) in [6, 6.07) is 18.4. The van der Waals surface area contributed by atoms with Gasteiger partial charge in [0.15, 0.2) is 0 Å². The van der Waals surface area contributed by atoms with Gasteiger partial charge in [-0.3, -0.25) is 14.4 Å². The highest BCUT2D eigenvalue weighted by molar-refractivity contribution is 6.30. The van der Waals surface area contributed by atoms with Gasteiger partial charge < -0.3 is 15.1 Å². The van der Waals surface area contributed by atoms with Gasteiger partial charge in [-0.15, -0.1) is 0 Å². The number of hydrogen-bond acceptors (Lipinski definition) is 3. The molecular weight excluding hydrogens is 486 g/mol. The molecule has 0 unspecified atom stereocenters. The normalized spacial score (nSPS) is 13.3. The van der Waals surface area contributed by atoms with Crippen LogP contribution in [-0.2, 0) is 16.1 Å². The molecule has 1 aliphatic heterocycles. The van der Waals surface area contributed by atoms with Crippen molar-refractivity contribution in [1.29, 1.82) is 0 Å². The maximum Gasteiger partial charge on any atom is 0.258 e. The maximum absolute atomic E-state index is 13.5. The van der Waals surface area contributed by atoms with E-state index in [1.165, 1.54) is 0 Å². The predicted octanol–water partition coefficient (Wildman–Crippen LogP) is 5.81. The molecule has 0 bridgehead atoms. The van der Waals surface area contributed by atoms with E-state index in [2.05, 4.69) is 5.32 Å². The Labute approximate surface area is 223 Å². The fourth-order valence-electron chi connectivity index (χ4n) is 4.86. The SMILES string of the molecule is CC[C@H](C(=O)NCC(C)C)N(Cc1ccc(Cl)cc1)C(=O)CCCN1C(=O)c2cccc3cccc1c23. The van der Waals surface area contributed by atoms with Crippen molar-refractivity contribution in [3.63, 3.8) is 0 Å². The van der Waals surface area contributed by atoms with E-state index in [9.17, 15) is 14.4 Å². The molecule has 0 aromatic heterocycles. The summed E-state index contributed by atoms with van der Waals surface area (Å²) >= 11 is 6.05. The molecular formula is C30H34ClN3O3. The smallest absolute Gasteiger partial charge is 0.258 e. The molecule has 1 atom stereocenters. The van der Waals surface area contributed by atoms with E-state index in [1.54, 1.807) is 21.9 Å². The summed E-state index contributed by atoms with van der Waals surface area (Å²) in [6.07, 6.45) is 1.24. The average Bonchev–Trinajstić information content (AvgIpc) is 3.16. The monoisotopic (exact) mass is 519 g/mol. The Morgan fingerprint density at radius 3 is 2.41 bits per heavy atom. The van der Waals surface area contributed by atoms with Crippen LogP contribution in [0.5, 0.6) is 0 Å². The van der Waals surface area contributed by atoms with Crippen LogP contribution in [0, 0.1) is 5.92 Å². The van der Waals surface area contributed by atoms with Crippen LogP contribution >= 0.6 is 11.6 Å². The zero-order chi connectivity index (χ0) is 26.5. The molecule has 1 heterocycles. The van der Waals surface area contributed by atoms with Crippen molar-refractivity contribution < 1.29 is 14.4 Å². The molecule has 0 saturated heterocycles. The van der Waals surface area contributed by atoms with Crippen LogP contribution in [0.3, 0.4) is 0 Å². The van der Waals surface area contributed by atoms with E-state index in [4.69, 9.17) is 11.6 Å². The zero-order valence-corrected chi connectivity index (χ0v) is 22.4. The number of amides is 3. The minimum Gasteiger partial charge on any atom is -0.354 e. The van der Waals surface area contributed by atoms with Gasteiger partial charge in [-0.1, -0.05) is 68.8 Å². The number of carbonyl (C=O) groups is 3. The molecule has 0 spiro atoms. The van der Waals surface area contributed by atoms with Gasteiger partial charge in [0.05, 0.1) is 5.69 Å². The van der Waals surface area contributed by atoms with Gasteiger partial charge in [-0.25, -0.2) is 0 Å². The first-order chi connectivity index (χ1) is 17.8. The summed E-state index contributed by atoms with van der Waals surface area (Å²) in [6.45, 7) is 7.30. The van der Waals surface area contributed by atoms with Crippen LogP contribution in [0.1, 0.15) is 56.0 Å². The van der Waals surface area contributed by atoms with Gasteiger partial charge in [0.25, 0.3) is 5.91 Å². The molecule has 3 aromatic carbocycles. The second-order valence-electron chi connectivity index (χ2n) is 9.95. The van der Waals surface area contributed by atoms with Crippen LogP contribution in [0.2, 0.25) is 5.02 Å². The Hall–Kier alpha value is -3.38. The Morgan fingerprint density at radius 1 is 1.03 bits per heavy atom. The summed E-state index contributed by atoms with van der Waals surface area (Å²) in [4.78, 5) is 43.1. The van der Waals surface area contributed by atoms with Gasteiger partial charge in [0, 0.05) is 42.0 Å². The number of halogens is 1. The third kappa shape index (κ3) is 5.96. The third-order valence-corrected chi connectivity index (χ3v) is 7.01. The molecule has 0 radical (unpaired) electrons. The molecule has 37 heavy (non-hydrogen) atoms. The number of nitrogens with zero attached hydrogens (tertiary/aromatic N) is 2. The number of anilines is 1. The minimum absolute atomic E-state index is 0.0308. The molecule has 1 aliphatic rings. The lowest BCUT2D eigenvalue weighted by Gasteiger charge is -2.31. The maximum atomic E-state index is 13.5. The van der Waals surface area contributed by atoms with Crippen LogP contribution in [-0.4, -0.2) is 41.8 Å². The molecule has 1 N–H and O–H groups in total. The van der Waals surface area contributed by atoms with Crippen LogP contribution in [0.25, 0.3) is 10.8 Å². The molecule has 0 fully saturated rings. The first-order valence-corrected chi connectivity index (χ1v) is 13.3. The van der Waals surface area contributed by atoms with Crippen molar-refractivity contribution in [2.45, 2.75) is 52.6 Å². The van der Waals surface area contributed by atoms with E-state index >= 15 is 0 Å². The third-order valence-electron chi connectivity index (χ3n) is 6.76. The lowest BCUT2D eigenvalue weighted by atomic mass is 10.1. The Morgan fingerprint density at radius 2 is 1.73 bits per heavy atom. The highest BCUT2D eigenvalue weighted by Gasteiger charge is 2.31. The first-order valence-electron chi connectivity index (χ1n) is 12.9. The lowest BCUT2D eigenvalue weighted by molar-refractivity contribution is -0.141. The Kier molecular flexibility index (Phi) is 8.49. The molecule has 3 aromatic rings. The van der Waals surface area contributed by atoms with E-state index in [-0.39, 0.29) is 24.1 Å². The summed E-state index contributed by atoms with van der Waals surface area (Å²) in [5.74, 6) is 0.0319. The van der Waals surface area contributed by atoms with Crippen LogP contribution in [0.4, 0.5) is 5.69 Å². The molecule has 6 nitrogen and oxygen atoms in total. The van der Waals surface area contributed by atoms with Crippen LogP contribution < -0.4 is 10.2 Å². The summed E-state index contributed by atoms with van der Waals surface area (Å²) in [7, 11) is 0. The molecule has 194 valence electrons. The van der Waals surface area contributed by atoms with Crippen molar-refractivity contribution in [1.82, 2.24) is 10.2 Å². The highest BCUT2D eigenvalue weighted by Crippen LogP contribution is 2.37. The lowest BCUT2D eigenvalue weighted by Crippen LogP contribution is -2.49. The number of nitrogens with one attached hydrogen (secondary N) is 1. The largest absolute Gasteiger partial charge is 0.354 e. The van der Waals surface area contributed by atoms with Gasteiger partial charge in [0.1, 0.15) is 6.04 Å². The molecule has 0 aliphatic carbocycles. The van der Waals surface area contributed by atoms with Crippen molar-refractivity contribution in [2.24, 2.45) is 5.92 Å². The van der Waals surface area contributed by atoms with Gasteiger partial charge in [0.2, 0.25) is 11.8 Å². The Bertz CT molecular complexity index is 1280. The van der Waals surface area contributed by atoms with Gasteiger partial charge in [-0.05, 0) is 54.0 Å². The summed E-state index contributed by atoms with van der Waals surface area (Å²) < 4.78 is 0. The number of benzene rings is 3. The van der Waals surface area contributed by atoms with Gasteiger partial charge in [-0.2, -0.15) is 0 Å². The topological polar surface area (TPSA) is 69.7 Å². The number of rotatable bonds is 11. The van der Waals surface area contributed by atoms with E-state index < -0.39 is 6.04 Å². The standard InChI is InChI=1S/C30H34ClN3O3/c1-4-25(29(36)32-18-20(2)3)34(19-21-13-15-23(31)16-14-21)27(35)12-7-17-33-26-11-6-9-22-8-5-10-24(28(22)26)30(33)37/h5-6,8-11,13-16,20,25H,4,7,12,17-19H2,1-3H3,(H,32,36)/t25-/m1/s1. The minimum atomic E-state index is -0.576. The van der Waals surface area contributed by atoms with E-state index in [1.807, 2.05) is 69.3 Å². The molecule has 3 amide bonds. The predicted molar refractivity (Wildman–Crippen MR) is 149 cm³/mol. The van der Waals surface area contributed by atoms with Crippen molar-refractivity contribution in [3.05, 3.63) is 76.8 Å². The van der Waals surface area contributed by atoms with Crippen LogP contribution in [0.15, 0.2) is 60.7 Å². The highest BCUT2D eigenvalue weighted by atomic mass is 35.5. The second kappa shape index (κ2) is 11.8. The first kappa shape index (κ1) is 26.7. The molecule has 4 rings (SSSR count). The fraction of sp³-hybridized carbons (Fsp3) is 0.367. The molecule has 7 heteroatoms. The fourth-order valence-corrected chi connectivity index (χ4v) is 4.99. The van der Waals surface area contributed by atoms with E-state index in [0.29, 0.717) is 49.0 Å². The van der Waals surface area contributed by atoms with Crippen molar-refractivity contribution in [2.75, 3.05) is 18.0 Å². The van der Waals surface area contributed by atoms with Crippen molar-refractivity contribution >= 4 is 45.8 Å². The quantitative estimate of drug-likeness (QED) is 0.347. The Balaban J connectivity index is 1.47. The summed E-state index contributed by atoms with van der Waals surface area (Å²) in [5, 5.41) is 5.61. The number of hydrogen-bond donors (Lipinski definition) is 1. The zero-order valence-electron chi connectivity index (χ0n) is 21.7. The van der Waals surface area contributed by atoms with Gasteiger partial charge >= 0.3 is 0 Å². The molecule has 0 saturated carbocycles. The second-order valence-corrected chi connectivity index (χ2v) is 10.4. The van der Waals surface area contributed by atoms with Crippen molar-refractivity contribution in [3.8, 4) is 0 Å². The average molecular weight is 520 g/mol.